The van der Waals surface area contributed by atoms with Gasteiger partial charge in [0.2, 0.25) is 5.91 Å². The summed E-state index contributed by atoms with van der Waals surface area (Å²) in [5, 5.41) is 3.51. The fourth-order valence-corrected chi connectivity index (χ4v) is 2.97. The highest BCUT2D eigenvalue weighted by Crippen LogP contribution is 2.21. The highest BCUT2D eigenvalue weighted by Gasteiger charge is 2.39. The van der Waals surface area contributed by atoms with Gasteiger partial charge in [0, 0.05) is 28.9 Å². The Labute approximate surface area is 126 Å². The van der Waals surface area contributed by atoms with Gasteiger partial charge in [0.1, 0.15) is 0 Å². The summed E-state index contributed by atoms with van der Waals surface area (Å²) in [6, 6.07) is -0.0452. The van der Waals surface area contributed by atoms with Crippen LogP contribution in [0.4, 0.5) is 0 Å². The number of nitrogens with one attached hydrogen (secondary N) is 1. The molecule has 118 valence electrons. The third-order valence-electron chi connectivity index (χ3n) is 3.91. The maximum atomic E-state index is 12.5. The first-order valence-corrected chi connectivity index (χ1v) is 9.37. The molecule has 4 nitrogen and oxygen atoms in total. The molecular weight excluding hydrogens is 272 g/mol. The van der Waals surface area contributed by atoms with Crippen LogP contribution in [0.2, 0.25) is 0 Å². The van der Waals surface area contributed by atoms with Crippen molar-refractivity contribution >= 4 is 16.7 Å². The van der Waals surface area contributed by atoms with Crippen molar-refractivity contribution in [3.63, 3.8) is 0 Å². The molecule has 1 rings (SSSR count). The molecule has 0 radical (unpaired) electrons. The monoisotopic (exact) mass is 302 g/mol. The van der Waals surface area contributed by atoms with E-state index < -0.39 is 10.8 Å². The molecule has 1 N–H and O–H groups in total. The van der Waals surface area contributed by atoms with E-state index in [0.29, 0.717) is 12.5 Å². The van der Waals surface area contributed by atoms with Gasteiger partial charge in [-0.3, -0.25) is 14.3 Å². The van der Waals surface area contributed by atoms with Crippen molar-refractivity contribution in [2.24, 2.45) is 5.92 Å². The molecule has 1 saturated heterocycles. The van der Waals surface area contributed by atoms with Gasteiger partial charge in [-0.1, -0.05) is 33.6 Å². The van der Waals surface area contributed by atoms with E-state index in [-0.39, 0.29) is 23.4 Å². The molecule has 20 heavy (non-hydrogen) atoms. The molecule has 4 unspecified atom stereocenters. The van der Waals surface area contributed by atoms with Crippen LogP contribution in [-0.4, -0.2) is 45.3 Å². The van der Waals surface area contributed by atoms with E-state index in [2.05, 4.69) is 26.1 Å². The second-order valence-corrected chi connectivity index (χ2v) is 8.11. The maximum absolute atomic E-state index is 12.5. The number of hydrogen-bond acceptors (Lipinski definition) is 3. The van der Waals surface area contributed by atoms with Gasteiger partial charge in [-0.25, -0.2) is 0 Å². The lowest BCUT2D eigenvalue weighted by Crippen LogP contribution is -2.42. The van der Waals surface area contributed by atoms with Gasteiger partial charge in [-0.2, -0.15) is 0 Å². The SMILES string of the molecule is CCCCC1NC(CC(C)C)N(CC(C)S(C)=O)C1=O. The Balaban J connectivity index is 2.73. The minimum absolute atomic E-state index is 0.0281. The molecule has 5 heteroatoms. The maximum Gasteiger partial charge on any atom is 0.241 e. The van der Waals surface area contributed by atoms with Crippen LogP contribution >= 0.6 is 0 Å². The molecule has 0 aromatic heterocycles. The number of hydrogen-bond donors (Lipinski definition) is 1. The smallest absolute Gasteiger partial charge is 0.241 e. The largest absolute Gasteiger partial charge is 0.325 e. The van der Waals surface area contributed by atoms with E-state index in [9.17, 15) is 9.00 Å². The second kappa shape index (κ2) is 8.13. The van der Waals surface area contributed by atoms with Crippen LogP contribution in [0.15, 0.2) is 0 Å². The molecule has 0 bridgehead atoms. The summed E-state index contributed by atoms with van der Waals surface area (Å²) in [6.07, 6.45) is 5.86. The molecule has 4 atom stereocenters. The van der Waals surface area contributed by atoms with Crippen LogP contribution < -0.4 is 5.32 Å². The van der Waals surface area contributed by atoms with Gasteiger partial charge in [-0.05, 0) is 25.7 Å². The molecule has 0 aliphatic carbocycles. The summed E-state index contributed by atoms with van der Waals surface area (Å²) in [5.41, 5.74) is 0. The fraction of sp³-hybridized carbons (Fsp3) is 0.933. The van der Waals surface area contributed by atoms with Gasteiger partial charge >= 0.3 is 0 Å². The zero-order valence-corrected chi connectivity index (χ0v) is 14.3. The zero-order chi connectivity index (χ0) is 15.3. The van der Waals surface area contributed by atoms with Gasteiger partial charge in [0.05, 0.1) is 12.2 Å². The molecule has 1 aliphatic rings. The van der Waals surface area contributed by atoms with E-state index in [1.807, 2.05) is 11.8 Å². The molecule has 0 aromatic rings. The summed E-state index contributed by atoms with van der Waals surface area (Å²) >= 11 is 0. The van der Waals surface area contributed by atoms with Crippen molar-refractivity contribution in [3.05, 3.63) is 0 Å². The van der Waals surface area contributed by atoms with E-state index in [1.54, 1.807) is 6.26 Å². The predicted molar refractivity (Wildman–Crippen MR) is 84.9 cm³/mol. The van der Waals surface area contributed by atoms with Crippen LogP contribution in [0.25, 0.3) is 0 Å². The zero-order valence-electron chi connectivity index (χ0n) is 13.5. The van der Waals surface area contributed by atoms with Crippen molar-refractivity contribution in [2.75, 3.05) is 12.8 Å². The number of unbranched alkanes of at least 4 members (excludes halogenated alkanes) is 1. The summed E-state index contributed by atoms with van der Waals surface area (Å²) in [6.45, 7) is 9.03. The van der Waals surface area contributed by atoms with Gasteiger partial charge in [-0.15, -0.1) is 0 Å². The van der Waals surface area contributed by atoms with Crippen LogP contribution in [0.3, 0.4) is 0 Å². The normalized spacial score (nSPS) is 26.3. The lowest BCUT2D eigenvalue weighted by Gasteiger charge is -2.27. The van der Waals surface area contributed by atoms with Crippen LogP contribution in [0.1, 0.15) is 53.4 Å². The third kappa shape index (κ3) is 4.85. The molecule has 1 heterocycles. The Morgan fingerprint density at radius 3 is 2.50 bits per heavy atom. The summed E-state index contributed by atoms with van der Waals surface area (Å²) in [7, 11) is -0.887. The molecule has 0 aromatic carbocycles. The topological polar surface area (TPSA) is 49.4 Å². The van der Waals surface area contributed by atoms with Crippen molar-refractivity contribution < 1.29 is 9.00 Å². The summed E-state index contributed by atoms with van der Waals surface area (Å²) in [5.74, 6) is 0.733. The predicted octanol–water partition coefficient (Wildman–Crippen LogP) is 2.12. The first-order chi connectivity index (χ1) is 9.36. The molecule has 1 fully saturated rings. The first-order valence-electron chi connectivity index (χ1n) is 7.75. The Bertz CT molecular complexity index is 347. The third-order valence-corrected chi connectivity index (χ3v) is 5.19. The summed E-state index contributed by atoms with van der Waals surface area (Å²) < 4.78 is 11.6. The number of amides is 1. The average molecular weight is 302 g/mol. The van der Waals surface area contributed by atoms with E-state index in [4.69, 9.17) is 0 Å². The van der Waals surface area contributed by atoms with E-state index in [1.165, 1.54) is 0 Å². The van der Waals surface area contributed by atoms with Crippen LogP contribution in [-0.2, 0) is 15.6 Å². The standard InChI is InChI=1S/C15H30N2O2S/c1-6-7-8-13-15(18)17(10-12(4)20(5)19)14(16-13)9-11(2)3/h11-14,16H,6-10H2,1-5H3. The highest BCUT2D eigenvalue weighted by molar-refractivity contribution is 7.84. The Morgan fingerprint density at radius 2 is 2.00 bits per heavy atom. The van der Waals surface area contributed by atoms with Gasteiger partial charge in [0.15, 0.2) is 0 Å². The van der Waals surface area contributed by atoms with Crippen LogP contribution in [0, 0.1) is 5.92 Å². The molecular formula is C15H30N2O2S. The molecule has 1 aliphatic heterocycles. The highest BCUT2D eigenvalue weighted by atomic mass is 32.2. The van der Waals surface area contributed by atoms with Crippen molar-refractivity contribution in [2.45, 2.75) is 70.8 Å². The number of rotatable bonds is 8. The fourth-order valence-electron chi connectivity index (χ4n) is 2.60. The minimum atomic E-state index is -0.887. The average Bonchev–Trinajstić information content (AvgIpc) is 2.63. The second-order valence-electron chi connectivity index (χ2n) is 6.31. The minimum Gasteiger partial charge on any atom is -0.325 e. The Hall–Kier alpha value is -0.420. The molecule has 0 spiro atoms. The lowest BCUT2D eigenvalue weighted by atomic mass is 10.1. The summed E-state index contributed by atoms with van der Waals surface area (Å²) in [4.78, 5) is 14.4. The van der Waals surface area contributed by atoms with Crippen LogP contribution in [0.5, 0.6) is 0 Å². The first kappa shape index (κ1) is 17.6. The Morgan fingerprint density at radius 1 is 1.35 bits per heavy atom. The van der Waals surface area contributed by atoms with Gasteiger partial charge < -0.3 is 4.90 Å². The van der Waals surface area contributed by atoms with Crippen molar-refractivity contribution in [1.82, 2.24) is 10.2 Å². The van der Waals surface area contributed by atoms with Crippen molar-refractivity contribution in [3.8, 4) is 0 Å². The van der Waals surface area contributed by atoms with E-state index in [0.717, 1.165) is 25.7 Å². The number of carbonyl (C=O) groups is 1. The van der Waals surface area contributed by atoms with Crippen molar-refractivity contribution in [1.29, 1.82) is 0 Å². The number of carbonyl (C=O) groups excluding carboxylic acids is 1. The van der Waals surface area contributed by atoms with E-state index >= 15 is 0 Å². The molecule has 0 saturated carbocycles. The number of nitrogens with zero attached hydrogens (tertiary/aromatic N) is 1. The Kier molecular flexibility index (Phi) is 7.17. The quantitative estimate of drug-likeness (QED) is 0.747. The van der Waals surface area contributed by atoms with Gasteiger partial charge in [0.25, 0.3) is 0 Å². The lowest BCUT2D eigenvalue weighted by molar-refractivity contribution is -0.130. The molecule has 1 amide bonds.